The molecule has 0 radical (unpaired) electrons. The van der Waals surface area contributed by atoms with E-state index in [1.165, 1.54) is 19.3 Å². The van der Waals surface area contributed by atoms with Crippen LogP contribution in [-0.2, 0) is 0 Å². The standard InChI is InChI=1S/C22H29N3O2/c1-3-14-27-19-10-7-17(8-11-19)22(26)24-18-9-12-21(20(23)15-18)25-13-5-4-6-16(25)2/h7-12,15-16H,3-6,13-14,23H2,1-2H3,(H,24,26). The van der Waals surface area contributed by atoms with Crippen molar-refractivity contribution in [3.8, 4) is 5.75 Å². The number of piperidine rings is 1. The van der Waals surface area contributed by atoms with Crippen molar-refractivity contribution in [2.24, 2.45) is 0 Å². The molecule has 1 aliphatic heterocycles. The van der Waals surface area contributed by atoms with Crippen LogP contribution in [0.1, 0.15) is 49.9 Å². The Morgan fingerprint density at radius 2 is 2.00 bits per heavy atom. The van der Waals surface area contributed by atoms with Gasteiger partial charge in [0.25, 0.3) is 5.91 Å². The first-order valence-electron chi connectivity index (χ1n) is 9.79. The number of ether oxygens (including phenoxy) is 1. The maximum absolute atomic E-state index is 12.5. The van der Waals surface area contributed by atoms with Crippen molar-refractivity contribution >= 4 is 23.0 Å². The van der Waals surface area contributed by atoms with E-state index in [1.807, 2.05) is 30.3 Å². The lowest BCUT2D eigenvalue weighted by Gasteiger charge is -2.36. The summed E-state index contributed by atoms with van der Waals surface area (Å²) in [4.78, 5) is 14.8. The largest absolute Gasteiger partial charge is 0.494 e. The highest BCUT2D eigenvalue weighted by Crippen LogP contribution is 2.31. The molecule has 1 saturated heterocycles. The zero-order valence-corrected chi connectivity index (χ0v) is 16.2. The van der Waals surface area contributed by atoms with E-state index in [0.717, 1.165) is 24.4 Å². The number of amides is 1. The van der Waals surface area contributed by atoms with Crippen LogP contribution in [0, 0.1) is 0 Å². The Bertz CT molecular complexity index is 774. The van der Waals surface area contributed by atoms with Crippen LogP contribution in [0.2, 0.25) is 0 Å². The predicted octanol–water partition coefficient (Wildman–Crippen LogP) is 4.69. The van der Waals surface area contributed by atoms with E-state index in [1.54, 1.807) is 12.1 Å². The van der Waals surface area contributed by atoms with E-state index < -0.39 is 0 Å². The summed E-state index contributed by atoms with van der Waals surface area (Å²) >= 11 is 0. The third-order valence-electron chi connectivity index (χ3n) is 4.99. The summed E-state index contributed by atoms with van der Waals surface area (Å²) in [6, 6.07) is 13.4. The molecule has 3 N–H and O–H groups in total. The highest BCUT2D eigenvalue weighted by molar-refractivity contribution is 6.04. The topological polar surface area (TPSA) is 67.6 Å². The van der Waals surface area contributed by atoms with Gasteiger partial charge in [-0.1, -0.05) is 6.92 Å². The van der Waals surface area contributed by atoms with E-state index in [4.69, 9.17) is 10.5 Å². The number of nitrogens with two attached hydrogens (primary N) is 1. The van der Waals surface area contributed by atoms with Crippen LogP contribution in [0.25, 0.3) is 0 Å². The fourth-order valence-electron chi connectivity index (χ4n) is 3.48. The first-order chi connectivity index (χ1) is 13.1. The molecule has 144 valence electrons. The van der Waals surface area contributed by atoms with Gasteiger partial charge in [-0.05, 0) is 75.1 Å². The molecule has 3 rings (SSSR count). The number of anilines is 3. The third-order valence-corrected chi connectivity index (χ3v) is 4.99. The number of nitrogens with one attached hydrogen (secondary N) is 1. The molecule has 2 aromatic carbocycles. The number of hydrogen-bond donors (Lipinski definition) is 2. The van der Waals surface area contributed by atoms with Gasteiger partial charge in [-0.25, -0.2) is 0 Å². The van der Waals surface area contributed by atoms with Gasteiger partial charge >= 0.3 is 0 Å². The quantitative estimate of drug-likeness (QED) is 0.727. The summed E-state index contributed by atoms with van der Waals surface area (Å²) in [6.07, 6.45) is 4.61. The lowest BCUT2D eigenvalue weighted by atomic mass is 10.0. The number of nitrogen functional groups attached to an aromatic ring is 1. The normalized spacial score (nSPS) is 16.8. The van der Waals surface area contributed by atoms with Crippen LogP contribution < -0.4 is 20.7 Å². The molecule has 0 aliphatic carbocycles. The predicted molar refractivity (Wildman–Crippen MR) is 112 cm³/mol. The van der Waals surface area contributed by atoms with E-state index in [0.29, 0.717) is 29.6 Å². The van der Waals surface area contributed by atoms with Crippen LogP contribution in [0.4, 0.5) is 17.1 Å². The summed E-state index contributed by atoms with van der Waals surface area (Å²) in [7, 11) is 0. The molecule has 27 heavy (non-hydrogen) atoms. The van der Waals surface area contributed by atoms with Gasteiger partial charge in [-0.2, -0.15) is 0 Å². The summed E-state index contributed by atoms with van der Waals surface area (Å²) in [6.45, 7) is 6.00. The maximum atomic E-state index is 12.5. The molecule has 1 amide bonds. The lowest BCUT2D eigenvalue weighted by molar-refractivity contribution is 0.102. The monoisotopic (exact) mass is 367 g/mol. The van der Waals surface area contributed by atoms with E-state index in [9.17, 15) is 4.79 Å². The van der Waals surface area contributed by atoms with Crippen molar-refractivity contribution in [3.63, 3.8) is 0 Å². The molecule has 1 atom stereocenters. The second-order valence-corrected chi connectivity index (χ2v) is 7.14. The second kappa shape index (κ2) is 8.80. The van der Waals surface area contributed by atoms with Crippen molar-refractivity contribution in [2.75, 3.05) is 29.1 Å². The molecule has 1 fully saturated rings. The summed E-state index contributed by atoms with van der Waals surface area (Å²) < 4.78 is 5.55. The Kier molecular flexibility index (Phi) is 6.22. The maximum Gasteiger partial charge on any atom is 0.255 e. The van der Waals surface area contributed by atoms with Crippen LogP contribution in [0.3, 0.4) is 0 Å². The first kappa shape index (κ1) is 19.1. The Hall–Kier alpha value is -2.69. The molecule has 1 heterocycles. The minimum Gasteiger partial charge on any atom is -0.494 e. The minimum atomic E-state index is -0.157. The van der Waals surface area contributed by atoms with E-state index >= 15 is 0 Å². The van der Waals surface area contributed by atoms with Crippen molar-refractivity contribution in [1.29, 1.82) is 0 Å². The number of rotatable bonds is 6. The number of carbonyl (C=O) groups excluding carboxylic acids is 1. The molecule has 0 aromatic heterocycles. The molecule has 2 aromatic rings. The number of carbonyl (C=O) groups is 1. The van der Waals surface area contributed by atoms with Crippen LogP contribution >= 0.6 is 0 Å². The average molecular weight is 367 g/mol. The summed E-state index contributed by atoms with van der Waals surface area (Å²) in [5, 5.41) is 2.92. The molecule has 0 spiro atoms. The molecule has 1 unspecified atom stereocenters. The number of benzene rings is 2. The Labute approximate surface area is 161 Å². The zero-order chi connectivity index (χ0) is 19.2. The molecule has 0 bridgehead atoms. The summed E-state index contributed by atoms with van der Waals surface area (Å²) in [5.74, 6) is 0.619. The smallest absolute Gasteiger partial charge is 0.255 e. The van der Waals surface area contributed by atoms with Gasteiger partial charge in [0.2, 0.25) is 0 Å². The Morgan fingerprint density at radius 1 is 1.22 bits per heavy atom. The number of nitrogens with zero attached hydrogens (tertiary/aromatic N) is 1. The molecule has 5 heteroatoms. The van der Waals surface area contributed by atoms with Crippen molar-refractivity contribution in [3.05, 3.63) is 48.0 Å². The number of hydrogen-bond acceptors (Lipinski definition) is 4. The minimum absolute atomic E-state index is 0.157. The highest BCUT2D eigenvalue weighted by Gasteiger charge is 2.20. The van der Waals surface area contributed by atoms with Gasteiger partial charge in [-0.3, -0.25) is 4.79 Å². The van der Waals surface area contributed by atoms with Crippen LogP contribution in [-0.4, -0.2) is 25.1 Å². The molecule has 0 saturated carbocycles. The molecular formula is C22H29N3O2. The van der Waals surface area contributed by atoms with Gasteiger partial charge in [0.1, 0.15) is 5.75 Å². The van der Waals surface area contributed by atoms with E-state index in [2.05, 4.69) is 24.1 Å². The second-order valence-electron chi connectivity index (χ2n) is 7.14. The fourth-order valence-corrected chi connectivity index (χ4v) is 3.48. The SMILES string of the molecule is CCCOc1ccc(C(=O)Nc2ccc(N3CCCCC3C)c(N)c2)cc1. The van der Waals surface area contributed by atoms with Gasteiger partial charge < -0.3 is 20.7 Å². The lowest BCUT2D eigenvalue weighted by Crippen LogP contribution is -2.37. The van der Waals surface area contributed by atoms with Gasteiger partial charge in [0.05, 0.1) is 18.0 Å². The van der Waals surface area contributed by atoms with Gasteiger partial charge in [0.15, 0.2) is 0 Å². The third kappa shape index (κ3) is 4.73. The van der Waals surface area contributed by atoms with E-state index in [-0.39, 0.29) is 5.91 Å². The molecule has 1 aliphatic rings. The highest BCUT2D eigenvalue weighted by atomic mass is 16.5. The van der Waals surface area contributed by atoms with Crippen molar-refractivity contribution in [2.45, 2.75) is 45.6 Å². The molecule has 5 nitrogen and oxygen atoms in total. The molecular weight excluding hydrogens is 338 g/mol. The van der Waals surface area contributed by atoms with Crippen molar-refractivity contribution < 1.29 is 9.53 Å². The van der Waals surface area contributed by atoms with Crippen LogP contribution in [0.15, 0.2) is 42.5 Å². The summed E-state index contributed by atoms with van der Waals surface area (Å²) in [5.41, 5.74) is 9.33. The van der Waals surface area contributed by atoms with Gasteiger partial charge in [0, 0.05) is 23.8 Å². The first-order valence-corrected chi connectivity index (χ1v) is 9.79. The van der Waals surface area contributed by atoms with Crippen molar-refractivity contribution in [1.82, 2.24) is 0 Å². The zero-order valence-electron chi connectivity index (χ0n) is 16.2. The van der Waals surface area contributed by atoms with Gasteiger partial charge in [-0.15, -0.1) is 0 Å². The Morgan fingerprint density at radius 3 is 2.67 bits per heavy atom. The average Bonchev–Trinajstić information content (AvgIpc) is 2.68. The van der Waals surface area contributed by atoms with Crippen LogP contribution in [0.5, 0.6) is 5.75 Å². The Balaban J connectivity index is 1.66. The fraction of sp³-hybridized carbons (Fsp3) is 0.409.